The monoisotopic (exact) mass is 336 g/mol. The van der Waals surface area contributed by atoms with Crippen molar-refractivity contribution >= 4 is 26.0 Å². The lowest BCUT2D eigenvalue weighted by atomic mass is 10.0. The fraction of sp³-hybridized carbons (Fsp3) is 0.917. The first kappa shape index (κ1) is 15.2. The maximum absolute atomic E-state index is 12.3. The quantitative estimate of drug-likeness (QED) is 0.757. The Bertz CT molecular complexity index is 643. The first-order chi connectivity index (χ1) is 9.78. The highest BCUT2D eigenvalue weighted by atomic mass is 32.2. The van der Waals surface area contributed by atoms with Gasteiger partial charge < -0.3 is 0 Å². The molecule has 7 nitrogen and oxygen atoms in total. The van der Waals surface area contributed by atoms with Gasteiger partial charge in [0.05, 0.1) is 17.5 Å². The van der Waals surface area contributed by atoms with E-state index < -0.39 is 37.7 Å². The molecule has 3 aliphatic rings. The predicted molar refractivity (Wildman–Crippen MR) is 76.3 cm³/mol. The molecule has 1 amide bonds. The van der Waals surface area contributed by atoms with Crippen LogP contribution in [-0.2, 0) is 24.8 Å². The van der Waals surface area contributed by atoms with Crippen LogP contribution in [0.5, 0.6) is 0 Å². The second kappa shape index (κ2) is 5.20. The molecule has 120 valence electrons. The molecule has 0 aromatic heterocycles. The maximum Gasteiger partial charge on any atom is 0.248 e. The summed E-state index contributed by atoms with van der Waals surface area (Å²) >= 11 is 0. The van der Waals surface area contributed by atoms with Gasteiger partial charge in [0.1, 0.15) is 0 Å². The van der Waals surface area contributed by atoms with Gasteiger partial charge in [-0.25, -0.2) is 16.8 Å². The lowest BCUT2D eigenvalue weighted by Gasteiger charge is -2.22. The molecule has 3 atom stereocenters. The number of sulfonamides is 2. The second-order valence-corrected chi connectivity index (χ2v) is 10.3. The van der Waals surface area contributed by atoms with E-state index in [-0.39, 0.29) is 18.2 Å². The van der Waals surface area contributed by atoms with Gasteiger partial charge in [0, 0.05) is 6.54 Å². The number of hydrogen-bond donors (Lipinski definition) is 1. The molecule has 2 aliphatic carbocycles. The fourth-order valence-corrected chi connectivity index (χ4v) is 7.15. The van der Waals surface area contributed by atoms with Gasteiger partial charge in [-0.2, -0.15) is 4.31 Å². The average Bonchev–Trinajstić information content (AvgIpc) is 3.05. The number of amides is 1. The SMILES string of the molecule is O=C(CN1CCCS1(=O)=O)NS(=O)(=O)C1C[C@@H]2CC[C@H]1C2. The van der Waals surface area contributed by atoms with Gasteiger partial charge in [0.25, 0.3) is 0 Å². The van der Waals surface area contributed by atoms with Crippen molar-refractivity contribution in [3.05, 3.63) is 0 Å². The van der Waals surface area contributed by atoms with Gasteiger partial charge in [-0.3, -0.25) is 9.52 Å². The minimum atomic E-state index is -3.69. The summed E-state index contributed by atoms with van der Waals surface area (Å²) in [6.07, 6.45) is 4.02. The van der Waals surface area contributed by atoms with Crippen molar-refractivity contribution in [1.29, 1.82) is 0 Å². The van der Waals surface area contributed by atoms with Crippen LogP contribution >= 0.6 is 0 Å². The van der Waals surface area contributed by atoms with Crippen LogP contribution in [0.1, 0.15) is 32.1 Å². The van der Waals surface area contributed by atoms with Crippen molar-refractivity contribution in [3.8, 4) is 0 Å². The molecule has 0 aromatic carbocycles. The summed E-state index contributed by atoms with van der Waals surface area (Å²) in [7, 11) is -7.08. The van der Waals surface area contributed by atoms with E-state index in [0.29, 0.717) is 18.8 Å². The van der Waals surface area contributed by atoms with E-state index in [2.05, 4.69) is 4.72 Å². The van der Waals surface area contributed by atoms with E-state index in [1.165, 1.54) is 0 Å². The minimum Gasteiger partial charge on any atom is -0.273 e. The number of nitrogens with zero attached hydrogens (tertiary/aromatic N) is 1. The molecule has 0 aromatic rings. The number of carbonyl (C=O) groups excluding carboxylic acids is 1. The second-order valence-electron chi connectivity index (χ2n) is 6.29. The molecule has 1 unspecified atom stereocenters. The Hall–Kier alpha value is -0.670. The molecule has 3 rings (SSSR count). The Morgan fingerprint density at radius 3 is 2.52 bits per heavy atom. The average molecular weight is 336 g/mol. The van der Waals surface area contributed by atoms with Crippen LogP contribution in [0.25, 0.3) is 0 Å². The van der Waals surface area contributed by atoms with Crippen LogP contribution < -0.4 is 4.72 Å². The number of carbonyl (C=O) groups is 1. The van der Waals surface area contributed by atoms with Crippen molar-refractivity contribution in [3.63, 3.8) is 0 Å². The number of hydrogen-bond acceptors (Lipinski definition) is 5. The largest absolute Gasteiger partial charge is 0.273 e. The van der Waals surface area contributed by atoms with E-state index in [1.54, 1.807) is 0 Å². The van der Waals surface area contributed by atoms with E-state index in [9.17, 15) is 21.6 Å². The third-order valence-electron chi connectivity index (χ3n) is 4.85. The summed E-state index contributed by atoms with van der Waals surface area (Å²) in [6, 6.07) is 0. The molecule has 2 bridgehead atoms. The van der Waals surface area contributed by atoms with Gasteiger partial charge in [-0.15, -0.1) is 0 Å². The van der Waals surface area contributed by atoms with Crippen LogP contribution in [0, 0.1) is 11.8 Å². The first-order valence-electron chi connectivity index (χ1n) is 7.30. The lowest BCUT2D eigenvalue weighted by molar-refractivity contribution is -0.119. The molecular formula is C12H20N2O5S2. The molecule has 1 heterocycles. The lowest BCUT2D eigenvalue weighted by Crippen LogP contribution is -2.45. The topological polar surface area (TPSA) is 101 Å². The molecule has 0 radical (unpaired) electrons. The third-order valence-corrected chi connectivity index (χ3v) is 8.64. The van der Waals surface area contributed by atoms with E-state index in [1.807, 2.05) is 0 Å². The number of fused-ring (bicyclic) bond motifs is 2. The van der Waals surface area contributed by atoms with Crippen molar-refractivity contribution in [2.45, 2.75) is 37.4 Å². The number of rotatable bonds is 4. The van der Waals surface area contributed by atoms with Crippen molar-refractivity contribution < 1.29 is 21.6 Å². The first-order valence-corrected chi connectivity index (χ1v) is 10.5. The summed E-state index contributed by atoms with van der Waals surface area (Å²) in [5, 5.41) is -0.490. The Balaban J connectivity index is 1.62. The Kier molecular flexibility index (Phi) is 3.77. The third kappa shape index (κ3) is 2.95. The van der Waals surface area contributed by atoms with Gasteiger partial charge >= 0.3 is 0 Å². The maximum atomic E-state index is 12.3. The Morgan fingerprint density at radius 2 is 2.00 bits per heavy atom. The van der Waals surface area contributed by atoms with Crippen molar-refractivity contribution in [2.75, 3.05) is 18.8 Å². The van der Waals surface area contributed by atoms with Crippen molar-refractivity contribution in [2.24, 2.45) is 11.8 Å². The van der Waals surface area contributed by atoms with Gasteiger partial charge in [0.2, 0.25) is 26.0 Å². The van der Waals surface area contributed by atoms with Crippen LogP contribution in [0.4, 0.5) is 0 Å². The highest BCUT2D eigenvalue weighted by molar-refractivity contribution is 7.90. The zero-order valence-corrected chi connectivity index (χ0v) is 13.3. The summed E-state index contributed by atoms with van der Waals surface area (Å²) in [6.45, 7) is -0.119. The molecular weight excluding hydrogens is 316 g/mol. The van der Waals surface area contributed by atoms with E-state index in [4.69, 9.17) is 0 Å². The number of nitrogens with one attached hydrogen (secondary N) is 1. The minimum absolute atomic E-state index is 0.0272. The van der Waals surface area contributed by atoms with Crippen molar-refractivity contribution in [1.82, 2.24) is 9.03 Å². The van der Waals surface area contributed by atoms with E-state index in [0.717, 1.165) is 23.6 Å². The molecule has 0 spiro atoms. The zero-order valence-electron chi connectivity index (χ0n) is 11.7. The molecule has 1 aliphatic heterocycles. The van der Waals surface area contributed by atoms with Crippen LogP contribution in [0.15, 0.2) is 0 Å². The Morgan fingerprint density at radius 1 is 1.24 bits per heavy atom. The molecule has 1 saturated heterocycles. The predicted octanol–water partition coefficient (Wildman–Crippen LogP) is -0.343. The van der Waals surface area contributed by atoms with Gasteiger partial charge in [-0.05, 0) is 37.5 Å². The highest BCUT2D eigenvalue weighted by Gasteiger charge is 2.46. The summed E-state index contributed by atoms with van der Waals surface area (Å²) < 4.78 is 50.9. The van der Waals surface area contributed by atoms with E-state index >= 15 is 0 Å². The molecule has 9 heteroatoms. The van der Waals surface area contributed by atoms with Crippen LogP contribution in [0.3, 0.4) is 0 Å². The smallest absolute Gasteiger partial charge is 0.248 e. The summed E-state index contributed by atoms with van der Waals surface area (Å²) in [5.41, 5.74) is 0. The van der Waals surface area contributed by atoms with Gasteiger partial charge in [-0.1, -0.05) is 6.42 Å². The van der Waals surface area contributed by atoms with Crippen LogP contribution in [0.2, 0.25) is 0 Å². The normalized spacial score (nSPS) is 35.1. The Labute approximate surface area is 125 Å². The fourth-order valence-electron chi connectivity index (χ4n) is 3.86. The standard InChI is InChI=1S/C12H20N2O5S2/c15-12(8-14-4-1-5-20(14,16)17)13-21(18,19)11-7-9-2-3-10(11)6-9/h9-11H,1-8H2,(H,13,15)/t9-,10+,11?/m1/s1. The molecule has 2 saturated carbocycles. The van der Waals surface area contributed by atoms with Gasteiger partial charge in [0.15, 0.2) is 0 Å². The highest BCUT2D eigenvalue weighted by Crippen LogP contribution is 2.47. The molecule has 3 fully saturated rings. The summed E-state index contributed by atoms with van der Waals surface area (Å²) in [4.78, 5) is 11.9. The zero-order chi connectivity index (χ0) is 15.3. The van der Waals surface area contributed by atoms with Crippen LogP contribution in [-0.4, -0.2) is 51.1 Å². The molecule has 21 heavy (non-hydrogen) atoms. The summed E-state index contributed by atoms with van der Waals surface area (Å²) in [5.74, 6) is -0.107. The molecule has 1 N–H and O–H groups in total.